The van der Waals surface area contributed by atoms with Crippen LogP contribution < -0.4 is 15.5 Å². The molecule has 5 nitrogen and oxygen atoms in total. The van der Waals surface area contributed by atoms with Crippen LogP contribution >= 0.6 is 11.6 Å². The molecular formula is C21H27ClN4O. The van der Waals surface area contributed by atoms with Crippen molar-refractivity contribution in [2.24, 2.45) is 0 Å². The van der Waals surface area contributed by atoms with Crippen LogP contribution in [0.15, 0.2) is 42.5 Å². The third kappa shape index (κ3) is 5.15. The van der Waals surface area contributed by atoms with Crippen LogP contribution in [0.3, 0.4) is 0 Å². The molecule has 2 N–H and O–H groups in total. The van der Waals surface area contributed by atoms with E-state index in [1.54, 1.807) is 6.07 Å². The van der Waals surface area contributed by atoms with Crippen LogP contribution in [0.5, 0.6) is 0 Å². The summed E-state index contributed by atoms with van der Waals surface area (Å²) in [6, 6.07) is 13.6. The molecule has 1 heterocycles. The molecule has 0 unspecified atom stereocenters. The Morgan fingerprint density at radius 2 is 1.81 bits per heavy atom. The molecule has 6 heteroatoms. The predicted molar refractivity (Wildman–Crippen MR) is 114 cm³/mol. The number of benzene rings is 2. The van der Waals surface area contributed by atoms with Gasteiger partial charge in [-0.3, -0.25) is 4.79 Å². The molecule has 0 atom stereocenters. The van der Waals surface area contributed by atoms with Gasteiger partial charge in [0.05, 0.1) is 17.3 Å². The number of nitrogens with one attached hydrogen (secondary N) is 2. The fraction of sp³-hybridized carbons (Fsp3) is 0.381. The number of nitrogens with zero attached hydrogens (tertiary/aromatic N) is 2. The fourth-order valence-electron chi connectivity index (χ4n) is 3.28. The standard InChI is InChI=1S/C21H27ClN4O/c1-3-25-10-12-26(13-11-25)17-8-9-19(16(2)14-17)24-21(27)15-23-20-7-5-4-6-18(20)22/h4-9,14,23H,3,10-13,15H2,1-2H3,(H,24,27). The molecule has 1 saturated heterocycles. The molecule has 0 spiro atoms. The summed E-state index contributed by atoms with van der Waals surface area (Å²) in [6.07, 6.45) is 0. The number of para-hydroxylation sites is 1. The quantitative estimate of drug-likeness (QED) is 0.791. The summed E-state index contributed by atoms with van der Waals surface area (Å²) in [5.74, 6) is -0.0951. The Kier molecular flexibility index (Phi) is 6.58. The highest BCUT2D eigenvalue weighted by Crippen LogP contribution is 2.24. The first-order chi connectivity index (χ1) is 13.1. The molecule has 144 valence electrons. The number of carbonyl (C=O) groups excluding carboxylic acids is 1. The molecule has 1 aliphatic heterocycles. The molecule has 2 aromatic carbocycles. The Hall–Kier alpha value is -2.24. The number of anilines is 3. The zero-order chi connectivity index (χ0) is 19.2. The van der Waals surface area contributed by atoms with Crippen molar-refractivity contribution in [3.63, 3.8) is 0 Å². The first kappa shape index (κ1) is 19.5. The van der Waals surface area contributed by atoms with Crippen molar-refractivity contribution in [1.82, 2.24) is 4.90 Å². The zero-order valence-electron chi connectivity index (χ0n) is 16.0. The molecule has 0 aromatic heterocycles. The van der Waals surface area contributed by atoms with Gasteiger partial charge >= 0.3 is 0 Å². The van der Waals surface area contributed by atoms with Gasteiger partial charge in [0.2, 0.25) is 5.91 Å². The number of hydrogen-bond donors (Lipinski definition) is 2. The van der Waals surface area contributed by atoms with E-state index < -0.39 is 0 Å². The molecule has 0 saturated carbocycles. The van der Waals surface area contributed by atoms with Crippen molar-refractivity contribution >= 4 is 34.6 Å². The van der Waals surface area contributed by atoms with Gasteiger partial charge in [-0.25, -0.2) is 0 Å². The minimum absolute atomic E-state index is 0.0951. The van der Waals surface area contributed by atoms with Crippen LogP contribution in [0.1, 0.15) is 12.5 Å². The highest BCUT2D eigenvalue weighted by Gasteiger charge is 2.16. The van der Waals surface area contributed by atoms with Gasteiger partial charge in [0.1, 0.15) is 0 Å². The number of rotatable bonds is 6. The first-order valence-corrected chi connectivity index (χ1v) is 9.81. The van der Waals surface area contributed by atoms with E-state index in [4.69, 9.17) is 11.6 Å². The third-order valence-corrected chi connectivity index (χ3v) is 5.31. The number of likely N-dealkylation sites (N-methyl/N-ethyl adjacent to an activating group) is 1. The van der Waals surface area contributed by atoms with Crippen molar-refractivity contribution in [2.45, 2.75) is 13.8 Å². The van der Waals surface area contributed by atoms with Crippen molar-refractivity contribution < 1.29 is 4.79 Å². The summed E-state index contributed by atoms with van der Waals surface area (Å²) in [6.45, 7) is 9.80. The second-order valence-electron chi connectivity index (χ2n) is 6.80. The van der Waals surface area contributed by atoms with Gasteiger partial charge < -0.3 is 20.4 Å². The smallest absolute Gasteiger partial charge is 0.243 e. The number of halogens is 1. The zero-order valence-corrected chi connectivity index (χ0v) is 16.7. The largest absolute Gasteiger partial charge is 0.375 e. The van der Waals surface area contributed by atoms with Crippen molar-refractivity contribution in [3.05, 3.63) is 53.1 Å². The van der Waals surface area contributed by atoms with E-state index in [-0.39, 0.29) is 12.5 Å². The van der Waals surface area contributed by atoms with Crippen LogP contribution in [0.25, 0.3) is 0 Å². The van der Waals surface area contributed by atoms with E-state index in [0.29, 0.717) is 5.02 Å². The molecule has 0 bridgehead atoms. The van der Waals surface area contributed by atoms with Gasteiger partial charge in [0.25, 0.3) is 0 Å². The lowest BCUT2D eigenvalue weighted by Gasteiger charge is -2.35. The Balaban J connectivity index is 1.56. The maximum Gasteiger partial charge on any atom is 0.243 e. The summed E-state index contributed by atoms with van der Waals surface area (Å²) in [5.41, 5.74) is 3.89. The predicted octanol–water partition coefficient (Wildman–Crippen LogP) is 3.84. The van der Waals surface area contributed by atoms with Gasteiger partial charge in [0.15, 0.2) is 0 Å². The molecule has 1 amide bonds. The first-order valence-electron chi connectivity index (χ1n) is 9.43. The molecule has 3 rings (SSSR count). The Bertz CT molecular complexity index is 788. The monoisotopic (exact) mass is 386 g/mol. The van der Waals surface area contributed by atoms with Crippen molar-refractivity contribution in [1.29, 1.82) is 0 Å². The van der Waals surface area contributed by atoms with E-state index in [2.05, 4.69) is 39.5 Å². The van der Waals surface area contributed by atoms with E-state index in [1.807, 2.05) is 31.2 Å². The highest BCUT2D eigenvalue weighted by molar-refractivity contribution is 6.33. The Morgan fingerprint density at radius 1 is 1.07 bits per heavy atom. The maximum atomic E-state index is 12.3. The molecule has 1 fully saturated rings. The van der Waals surface area contributed by atoms with E-state index in [0.717, 1.165) is 49.7 Å². The molecule has 0 aliphatic carbocycles. The van der Waals surface area contributed by atoms with Crippen molar-refractivity contribution in [3.8, 4) is 0 Å². The molecular weight excluding hydrogens is 360 g/mol. The van der Waals surface area contributed by atoms with Gasteiger partial charge in [0, 0.05) is 37.6 Å². The van der Waals surface area contributed by atoms with E-state index in [1.165, 1.54) is 5.69 Å². The van der Waals surface area contributed by atoms with Crippen LogP contribution in [0.2, 0.25) is 5.02 Å². The van der Waals surface area contributed by atoms with E-state index >= 15 is 0 Å². The summed E-state index contributed by atoms with van der Waals surface area (Å²) in [4.78, 5) is 17.1. The highest BCUT2D eigenvalue weighted by atomic mass is 35.5. The molecule has 0 radical (unpaired) electrons. The lowest BCUT2D eigenvalue weighted by molar-refractivity contribution is -0.114. The maximum absolute atomic E-state index is 12.3. The SMILES string of the molecule is CCN1CCN(c2ccc(NC(=O)CNc3ccccc3Cl)c(C)c2)CC1. The summed E-state index contributed by atoms with van der Waals surface area (Å²) in [7, 11) is 0. The number of carbonyl (C=O) groups is 1. The number of piperazine rings is 1. The minimum atomic E-state index is -0.0951. The van der Waals surface area contributed by atoms with Crippen molar-refractivity contribution in [2.75, 3.05) is 54.8 Å². The summed E-state index contributed by atoms with van der Waals surface area (Å²) >= 11 is 6.10. The lowest BCUT2D eigenvalue weighted by Crippen LogP contribution is -2.46. The molecule has 1 aliphatic rings. The van der Waals surface area contributed by atoms with E-state index in [9.17, 15) is 4.79 Å². The normalized spacial score (nSPS) is 14.9. The number of hydrogen-bond acceptors (Lipinski definition) is 4. The summed E-state index contributed by atoms with van der Waals surface area (Å²) in [5, 5.41) is 6.65. The van der Waals surface area contributed by atoms with Gasteiger partial charge in [-0.2, -0.15) is 0 Å². The fourth-order valence-corrected chi connectivity index (χ4v) is 3.48. The van der Waals surface area contributed by atoms with Gasteiger partial charge in [-0.1, -0.05) is 30.7 Å². The summed E-state index contributed by atoms with van der Waals surface area (Å²) < 4.78 is 0. The van der Waals surface area contributed by atoms with Crippen LogP contribution in [0, 0.1) is 6.92 Å². The topological polar surface area (TPSA) is 47.6 Å². The third-order valence-electron chi connectivity index (χ3n) is 4.98. The van der Waals surface area contributed by atoms with Crippen LogP contribution in [-0.2, 0) is 4.79 Å². The average Bonchev–Trinajstić information content (AvgIpc) is 2.69. The Morgan fingerprint density at radius 3 is 2.48 bits per heavy atom. The van der Waals surface area contributed by atoms with Gasteiger partial charge in [-0.15, -0.1) is 0 Å². The van der Waals surface area contributed by atoms with Crippen LogP contribution in [0.4, 0.5) is 17.1 Å². The molecule has 2 aromatic rings. The minimum Gasteiger partial charge on any atom is -0.375 e. The Labute approximate surface area is 166 Å². The number of amides is 1. The number of aryl methyl sites for hydroxylation is 1. The second kappa shape index (κ2) is 9.11. The lowest BCUT2D eigenvalue weighted by atomic mass is 10.1. The second-order valence-corrected chi connectivity index (χ2v) is 7.21. The van der Waals surface area contributed by atoms with Gasteiger partial charge in [-0.05, 0) is 49.4 Å². The van der Waals surface area contributed by atoms with Crippen LogP contribution in [-0.4, -0.2) is 50.1 Å². The average molecular weight is 387 g/mol. The molecule has 27 heavy (non-hydrogen) atoms.